The van der Waals surface area contributed by atoms with Crippen molar-refractivity contribution in [3.63, 3.8) is 0 Å². The van der Waals surface area contributed by atoms with Crippen molar-refractivity contribution in [1.82, 2.24) is 15.4 Å². The Bertz CT molecular complexity index is 1400. The number of carbonyl (C=O) groups is 3. The highest BCUT2D eigenvalue weighted by molar-refractivity contribution is 8.26. The molecular weight excluding hydrogens is 466 g/mol. The van der Waals surface area contributed by atoms with Gasteiger partial charge < -0.3 is 14.8 Å². The van der Waals surface area contributed by atoms with Crippen molar-refractivity contribution in [1.29, 1.82) is 0 Å². The predicted molar refractivity (Wildman–Crippen MR) is 127 cm³/mol. The van der Waals surface area contributed by atoms with Crippen LogP contribution in [0.3, 0.4) is 0 Å². The molecule has 1 aromatic heterocycles. The average molecular weight is 482 g/mol. The van der Waals surface area contributed by atoms with Crippen LogP contribution in [0.5, 0.6) is 5.75 Å². The molecule has 0 unspecified atom stereocenters. The number of nitrogens with zero attached hydrogens (tertiary/aromatic N) is 1. The quantitative estimate of drug-likeness (QED) is 0.362. The number of nitrogens with one attached hydrogen (secondary N) is 2. The van der Waals surface area contributed by atoms with Crippen LogP contribution in [0.4, 0.5) is 0 Å². The number of rotatable bonds is 6. The average Bonchev–Trinajstić information content (AvgIpc) is 3.05. The van der Waals surface area contributed by atoms with Crippen molar-refractivity contribution in [2.24, 2.45) is 0 Å². The summed E-state index contributed by atoms with van der Waals surface area (Å²) in [5.41, 5.74) is 3.07. The molecule has 0 spiro atoms. The minimum atomic E-state index is -1.13. The van der Waals surface area contributed by atoms with Gasteiger partial charge in [-0.15, -0.1) is 0 Å². The molecule has 0 radical (unpaired) electrons. The molecule has 2 heterocycles. The zero-order valence-electron chi connectivity index (χ0n) is 16.7. The van der Waals surface area contributed by atoms with E-state index in [-0.39, 0.29) is 20.5 Å². The van der Waals surface area contributed by atoms with Crippen molar-refractivity contribution >= 4 is 63.1 Å². The van der Waals surface area contributed by atoms with Crippen LogP contribution in [0, 0.1) is 0 Å². The van der Waals surface area contributed by atoms with Gasteiger partial charge in [0, 0.05) is 22.5 Å². The molecule has 9 nitrogen and oxygen atoms in total. The van der Waals surface area contributed by atoms with Crippen LogP contribution < -0.4 is 15.7 Å². The van der Waals surface area contributed by atoms with Crippen molar-refractivity contribution in [3.8, 4) is 5.75 Å². The summed E-state index contributed by atoms with van der Waals surface area (Å²) in [5, 5.41) is 10.3. The SMILES string of the molecule is O=C(O)COc1ccccc1C=C1SC(=S)N(NC(=O)c2cc(=O)[nH]c3ccccc23)C1=O. The number of carboxylic acids is 1. The molecule has 3 N–H and O–H groups in total. The third-order valence-corrected chi connectivity index (χ3v) is 5.86. The fourth-order valence-electron chi connectivity index (χ4n) is 3.13. The van der Waals surface area contributed by atoms with Gasteiger partial charge in [-0.3, -0.25) is 19.8 Å². The standard InChI is InChI=1S/C22H15N3O6S2/c26-18-10-14(13-6-2-3-7-15(13)23-18)20(29)24-25-21(30)17(33-22(25)32)9-12-5-1-4-8-16(12)31-11-19(27)28/h1-10H,11H2,(H,23,26)(H,24,29)(H,27,28). The molecule has 11 heteroatoms. The van der Waals surface area contributed by atoms with Crippen LogP contribution in [0.25, 0.3) is 17.0 Å². The van der Waals surface area contributed by atoms with Crippen LogP contribution in [0.15, 0.2) is 64.3 Å². The number of hydrazine groups is 1. The summed E-state index contributed by atoms with van der Waals surface area (Å²) in [7, 11) is 0. The van der Waals surface area contributed by atoms with E-state index >= 15 is 0 Å². The Morgan fingerprint density at radius 3 is 2.67 bits per heavy atom. The van der Waals surface area contributed by atoms with Crippen molar-refractivity contribution in [2.75, 3.05) is 6.61 Å². The van der Waals surface area contributed by atoms with Crippen LogP contribution in [-0.4, -0.2) is 43.8 Å². The van der Waals surface area contributed by atoms with E-state index < -0.39 is 29.9 Å². The Morgan fingerprint density at radius 2 is 1.88 bits per heavy atom. The number of benzene rings is 2. The van der Waals surface area contributed by atoms with E-state index in [2.05, 4.69) is 10.4 Å². The first-order valence-electron chi connectivity index (χ1n) is 9.48. The Hall–Kier alpha value is -3.96. The maximum Gasteiger partial charge on any atom is 0.341 e. The van der Waals surface area contributed by atoms with Gasteiger partial charge in [0.15, 0.2) is 10.9 Å². The van der Waals surface area contributed by atoms with Gasteiger partial charge in [0.05, 0.1) is 10.5 Å². The Balaban J connectivity index is 1.59. The number of hydrogen-bond acceptors (Lipinski definition) is 7. The normalized spacial score (nSPS) is 14.7. The number of ether oxygens (including phenoxy) is 1. The zero-order chi connectivity index (χ0) is 23.5. The molecule has 2 amide bonds. The second-order valence-electron chi connectivity index (χ2n) is 6.77. The minimum absolute atomic E-state index is 0.0951. The number of aromatic amines is 1. The number of aliphatic carboxylic acids is 1. The molecule has 1 aliphatic rings. The molecule has 0 saturated carbocycles. The lowest BCUT2D eigenvalue weighted by atomic mass is 10.1. The topological polar surface area (TPSA) is 129 Å². The Labute approximate surface area is 196 Å². The summed E-state index contributed by atoms with van der Waals surface area (Å²) < 4.78 is 5.35. The van der Waals surface area contributed by atoms with Gasteiger partial charge >= 0.3 is 5.97 Å². The first-order chi connectivity index (χ1) is 15.8. The van der Waals surface area contributed by atoms with Gasteiger partial charge in [-0.25, -0.2) is 4.79 Å². The Morgan fingerprint density at radius 1 is 1.15 bits per heavy atom. The number of thiocarbonyl (C=S) groups is 1. The molecule has 1 aliphatic heterocycles. The maximum atomic E-state index is 12.9. The lowest BCUT2D eigenvalue weighted by Gasteiger charge is -2.16. The molecule has 0 aliphatic carbocycles. The van der Waals surface area contributed by atoms with Crippen LogP contribution in [0.2, 0.25) is 0 Å². The predicted octanol–water partition coefficient (Wildman–Crippen LogP) is 2.54. The molecule has 33 heavy (non-hydrogen) atoms. The van der Waals surface area contributed by atoms with Gasteiger partial charge in [-0.1, -0.05) is 48.2 Å². The molecule has 0 atom stereocenters. The highest BCUT2D eigenvalue weighted by atomic mass is 32.2. The maximum absolute atomic E-state index is 12.9. The number of H-pyrrole nitrogens is 1. The van der Waals surface area contributed by atoms with E-state index in [0.717, 1.165) is 22.8 Å². The Kier molecular flexibility index (Phi) is 6.24. The number of carbonyl (C=O) groups excluding carboxylic acids is 2. The third kappa shape index (κ3) is 4.78. The number of thioether (sulfide) groups is 1. The first-order valence-corrected chi connectivity index (χ1v) is 10.7. The van der Waals surface area contributed by atoms with E-state index in [9.17, 15) is 19.2 Å². The first kappa shape index (κ1) is 22.2. The van der Waals surface area contributed by atoms with Gasteiger partial charge in [-0.2, -0.15) is 5.01 Å². The lowest BCUT2D eigenvalue weighted by Crippen LogP contribution is -2.45. The third-order valence-electron chi connectivity index (χ3n) is 4.56. The molecule has 1 saturated heterocycles. The van der Waals surface area contributed by atoms with Gasteiger partial charge in [0.1, 0.15) is 5.75 Å². The zero-order valence-corrected chi connectivity index (χ0v) is 18.4. The summed E-state index contributed by atoms with van der Waals surface area (Å²) in [6, 6.07) is 14.6. The fourth-order valence-corrected chi connectivity index (χ4v) is 4.30. The van der Waals surface area contributed by atoms with Gasteiger partial charge in [-0.05, 0) is 30.4 Å². The number of aromatic nitrogens is 1. The highest BCUT2D eigenvalue weighted by Gasteiger charge is 2.34. The van der Waals surface area contributed by atoms with E-state index in [4.69, 9.17) is 22.1 Å². The van der Waals surface area contributed by atoms with Gasteiger partial charge in [0.2, 0.25) is 5.56 Å². The molecular formula is C22H15N3O6S2. The molecule has 4 rings (SSSR count). The van der Waals surface area contributed by atoms with Gasteiger partial charge in [0.25, 0.3) is 11.8 Å². The van der Waals surface area contributed by atoms with Crippen LogP contribution in [0.1, 0.15) is 15.9 Å². The number of para-hydroxylation sites is 2. The van der Waals surface area contributed by atoms with E-state index in [1.165, 1.54) is 6.08 Å². The monoisotopic (exact) mass is 481 g/mol. The molecule has 3 aromatic rings. The lowest BCUT2D eigenvalue weighted by molar-refractivity contribution is -0.139. The summed E-state index contributed by atoms with van der Waals surface area (Å²) >= 11 is 6.22. The number of pyridine rings is 1. The number of fused-ring (bicyclic) bond motifs is 1. The summed E-state index contributed by atoms with van der Waals surface area (Å²) in [4.78, 5) is 51.4. The van der Waals surface area contributed by atoms with Crippen LogP contribution >= 0.6 is 24.0 Å². The van der Waals surface area contributed by atoms with Crippen molar-refractivity contribution in [2.45, 2.75) is 0 Å². The second-order valence-corrected chi connectivity index (χ2v) is 8.45. The minimum Gasteiger partial charge on any atom is -0.481 e. The van der Waals surface area contributed by atoms with Crippen molar-refractivity contribution in [3.05, 3.63) is 81.0 Å². The second kappa shape index (κ2) is 9.27. The number of hydrogen-bond donors (Lipinski definition) is 3. The summed E-state index contributed by atoms with van der Waals surface area (Å²) in [5.74, 6) is -2.09. The van der Waals surface area contributed by atoms with Crippen LogP contribution in [-0.2, 0) is 9.59 Å². The largest absolute Gasteiger partial charge is 0.481 e. The molecule has 0 bridgehead atoms. The van der Waals surface area contributed by atoms with Crippen molar-refractivity contribution < 1.29 is 24.2 Å². The molecule has 2 aromatic carbocycles. The number of amides is 2. The number of carboxylic acid groups (broad SMARTS) is 1. The highest BCUT2D eigenvalue weighted by Crippen LogP contribution is 2.33. The smallest absolute Gasteiger partial charge is 0.341 e. The van der Waals surface area contributed by atoms with E-state index in [0.29, 0.717) is 16.5 Å². The molecule has 166 valence electrons. The fraction of sp³-hybridized carbons (Fsp3) is 0.0455. The summed E-state index contributed by atoms with van der Waals surface area (Å²) in [6.07, 6.45) is 1.51. The van der Waals surface area contributed by atoms with E-state index in [1.807, 2.05) is 0 Å². The molecule has 1 fully saturated rings. The summed E-state index contributed by atoms with van der Waals surface area (Å²) in [6.45, 7) is -0.536. The van der Waals surface area contributed by atoms with E-state index in [1.54, 1.807) is 48.5 Å².